The number of rotatable bonds is 8. The maximum absolute atomic E-state index is 11.7. The third-order valence-corrected chi connectivity index (χ3v) is 3.27. The van der Waals surface area contributed by atoms with Crippen molar-refractivity contribution >= 4 is 6.09 Å². The Morgan fingerprint density at radius 3 is 2.43 bits per heavy atom. The van der Waals surface area contributed by atoms with Gasteiger partial charge < -0.3 is 20.1 Å². The first-order valence-electron chi connectivity index (χ1n) is 8.08. The molecule has 0 aliphatic carbocycles. The van der Waals surface area contributed by atoms with Gasteiger partial charge in [-0.05, 0) is 46.2 Å². The van der Waals surface area contributed by atoms with Gasteiger partial charge in [-0.15, -0.1) is 0 Å². The van der Waals surface area contributed by atoms with Gasteiger partial charge >= 0.3 is 6.09 Å². The van der Waals surface area contributed by atoms with Crippen LogP contribution >= 0.6 is 0 Å². The second-order valence-electron chi connectivity index (χ2n) is 6.71. The number of alkyl carbamates (subject to hydrolysis) is 1. The SMILES string of the molecule is COCC(NCCC(C)NC(=O)OC(C)(C)C)c1ccccc1. The minimum absolute atomic E-state index is 0.0383. The van der Waals surface area contributed by atoms with Crippen LogP contribution in [0.1, 0.15) is 45.7 Å². The standard InChI is InChI=1S/C18H30N2O3/c1-14(20-17(21)23-18(2,3)4)11-12-19-16(13-22-5)15-9-7-6-8-10-15/h6-10,14,16,19H,11-13H2,1-5H3,(H,20,21). The van der Waals surface area contributed by atoms with Crippen molar-refractivity contribution < 1.29 is 14.3 Å². The molecule has 0 spiro atoms. The summed E-state index contributed by atoms with van der Waals surface area (Å²) in [5.41, 5.74) is 0.723. The number of methoxy groups -OCH3 is 1. The fourth-order valence-corrected chi connectivity index (χ4v) is 2.18. The lowest BCUT2D eigenvalue weighted by Gasteiger charge is -2.23. The van der Waals surface area contributed by atoms with Crippen molar-refractivity contribution in [1.82, 2.24) is 10.6 Å². The van der Waals surface area contributed by atoms with Crippen LogP contribution in [0.4, 0.5) is 4.79 Å². The van der Waals surface area contributed by atoms with E-state index in [4.69, 9.17) is 9.47 Å². The molecule has 0 fully saturated rings. The Balaban J connectivity index is 2.37. The van der Waals surface area contributed by atoms with Crippen molar-refractivity contribution in [3.05, 3.63) is 35.9 Å². The smallest absolute Gasteiger partial charge is 0.407 e. The van der Waals surface area contributed by atoms with Crippen molar-refractivity contribution in [1.29, 1.82) is 0 Å². The zero-order valence-corrected chi connectivity index (χ0v) is 14.9. The molecule has 1 rings (SSSR count). The first-order chi connectivity index (χ1) is 10.8. The second kappa shape index (κ2) is 9.53. The molecule has 5 heteroatoms. The molecule has 1 aromatic rings. The van der Waals surface area contributed by atoms with E-state index in [2.05, 4.69) is 22.8 Å². The molecule has 0 heterocycles. The van der Waals surface area contributed by atoms with Crippen LogP contribution in [0, 0.1) is 0 Å². The predicted octanol–water partition coefficient (Wildman–Crippen LogP) is 3.27. The first kappa shape index (κ1) is 19.5. The molecule has 0 saturated heterocycles. The number of hydrogen-bond donors (Lipinski definition) is 2. The summed E-state index contributed by atoms with van der Waals surface area (Å²) in [6.07, 6.45) is 0.438. The number of ether oxygens (including phenoxy) is 2. The van der Waals surface area contributed by atoms with E-state index in [0.717, 1.165) is 13.0 Å². The molecule has 0 saturated carbocycles. The monoisotopic (exact) mass is 322 g/mol. The number of nitrogens with one attached hydrogen (secondary N) is 2. The predicted molar refractivity (Wildman–Crippen MR) is 92.5 cm³/mol. The second-order valence-corrected chi connectivity index (χ2v) is 6.71. The average Bonchev–Trinajstić information content (AvgIpc) is 2.45. The molecule has 1 amide bonds. The maximum atomic E-state index is 11.7. The van der Waals surface area contributed by atoms with Crippen LogP contribution in [0.3, 0.4) is 0 Å². The summed E-state index contributed by atoms with van der Waals surface area (Å²) < 4.78 is 10.5. The van der Waals surface area contributed by atoms with Gasteiger partial charge in [-0.25, -0.2) is 4.79 Å². The molecule has 1 aromatic carbocycles. The maximum Gasteiger partial charge on any atom is 0.407 e. The van der Waals surface area contributed by atoms with Crippen molar-refractivity contribution in [2.24, 2.45) is 0 Å². The first-order valence-corrected chi connectivity index (χ1v) is 8.08. The zero-order chi connectivity index (χ0) is 17.3. The van der Waals surface area contributed by atoms with Gasteiger partial charge in [0.25, 0.3) is 0 Å². The Morgan fingerprint density at radius 1 is 1.22 bits per heavy atom. The zero-order valence-electron chi connectivity index (χ0n) is 14.9. The lowest BCUT2D eigenvalue weighted by Crippen LogP contribution is -2.39. The molecule has 5 nitrogen and oxygen atoms in total. The molecular formula is C18H30N2O3. The topological polar surface area (TPSA) is 59.6 Å². The van der Waals surface area contributed by atoms with Gasteiger partial charge in [0.15, 0.2) is 0 Å². The van der Waals surface area contributed by atoms with Crippen LogP contribution in [0.5, 0.6) is 0 Å². The third kappa shape index (κ3) is 8.57. The lowest BCUT2D eigenvalue weighted by molar-refractivity contribution is 0.0506. The van der Waals surface area contributed by atoms with E-state index in [9.17, 15) is 4.79 Å². The highest BCUT2D eigenvalue weighted by Gasteiger charge is 2.18. The van der Waals surface area contributed by atoms with Gasteiger partial charge in [0.1, 0.15) is 5.60 Å². The summed E-state index contributed by atoms with van der Waals surface area (Å²) >= 11 is 0. The number of carbonyl (C=O) groups excluding carboxylic acids is 1. The largest absolute Gasteiger partial charge is 0.444 e. The van der Waals surface area contributed by atoms with Gasteiger partial charge in [-0.2, -0.15) is 0 Å². The van der Waals surface area contributed by atoms with E-state index in [-0.39, 0.29) is 18.2 Å². The Hall–Kier alpha value is -1.59. The molecule has 2 unspecified atom stereocenters. The van der Waals surface area contributed by atoms with E-state index < -0.39 is 5.60 Å². The van der Waals surface area contributed by atoms with Crippen molar-refractivity contribution in [2.45, 2.75) is 51.8 Å². The van der Waals surface area contributed by atoms with Crippen molar-refractivity contribution in [3.8, 4) is 0 Å². The number of benzene rings is 1. The van der Waals surface area contributed by atoms with Crippen LogP contribution in [-0.2, 0) is 9.47 Å². The van der Waals surface area contributed by atoms with Gasteiger partial charge in [0.05, 0.1) is 12.6 Å². The van der Waals surface area contributed by atoms with Crippen LogP contribution < -0.4 is 10.6 Å². The molecule has 0 aliphatic heterocycles. The molecular weight excluding hydrogens is 292 g/mol. The van der Waals surface area contributed by atoms with Crippen LogP contribution in [0.2, 0.25) is 0 Å². The molecule has 2 N–H and O–H groups in total. The van der Waals surface area contributed by atoms with Crippen LogP contribution in [0.25, 0.3) is 0 Å². The third-order valence-electron chi connectivity index (χ3n) is 3.27. The van der Waals surface area contributed by atoms with Gasteiger partial charge in [-0.1, -0.05) is 30.3 Å². The van der Waals surface area contributed by atoms with E-state index in [1.807, 2.05) is 45.9 Å². The number of hydrogen-bond acceptors (Lipinski definition) is 4. The minimum Gasteiger partial charge on any atom is -0.444 e. The van der Waals surface area contributed by atoms with Crippen LogP contribution in [0.15, 0.2) is 30.3 Å². The summed E-state index contributed by atoms with van der Waals surface area (Å²) in [6.45, 7) is 8.92. The highest BCUT2D eigenvalue weighted by atomic mass is 16.6. The molecule has 0 aromatic heterocycles. The van der Waals surface area contributed by atoms with E-state index in [0.29, 0.717) is 6.61 Å². The lowest BCUT2D eigenvalue weighted by atomic mass is 10.1. The molecule has 23 heavy (non-hydrogen) atoms. The van der Waals surface area contributed by atoms with Crippen LogP contribution in [-0.4, -0.2) is 38.0 Å². The van der Waals surface area contributed by atoms with Crippen molar-refractivity contribution in [3.63, 3.8) is 0 Å². The average molecular weight is 322 g/mol. The quantitative estimate of drug-likeness (QED) is 0.771. The molecule has 130 valence electrons. The summed E-state index contributed by atoms with van der Waals surface area (Å²) in [5.74, 6) is 0. The highest BCUT2D eigenvalue weighted by Crippen LogP contribution is 2.13. The van der Waals surface area contributed by atoms with Crippen molar-refractivity contribution in [2.75, 3.05) is 20.3 Å². The Kier molecular flexibility index (Phi) is 8.06. The number of carbonyl (C=O) groups is 1. The Labute approximate surface area is 139 Å². The summed E-state index contributed by atoms with van der Waals surface area (Å²) in [6, 6.07) is 10.4. The van der Waals surface area contributed by atoms with Gasteiger partial charge in [0.2, 0.25) is 0 Å². The summed E-state index contributed by atoms with van der Waals surface area (Å²) in [5, 5.41) is 6.32. The highest BCUT2D eigenvalue weighted by molar-refractivity contribution is 5.67. The molecule has 0 aliphatic rings. The minimum atomic E-state index is -0.473. The fraction of sp³-hybridized carbons (Fsp3) is 0.611. The normalized spacial score (nSPS) is 14.1. The van der Waals surface area contributed by atoms with E-state index >= 15 is 0 Å². The van der Waals surface area contributed by atoms with Gasteiger partial charge in [0, 0.05) is 13.2 Å². The summed E-state index contributed by atoms with van der Waals surface area (Å²) in [7, 11) is 1.70. The molecule has 0 bridgehead atoms. The number of amides is 1. The van der Waals surface area contributed by atoms with Gasteiger partial charge in [-0.3, -0.25) is 0 Å². The Morgan fingerprint density at radius 2 is 1.87 bits per heavy atom. The van der Waals surface area contributed by atoms with E-state index in [1.54, 1.807) is 7.11 Å². The summed E-state index contributed by atoms with van der Waals surface area (Å²) in [4.78, 5) is 11.7. The van der Waals surface area contributed by atoms with E-state index in [1.165, 1.54) is 5.56 Å². The molecule has 0 radical (unpaired) electrons. The molecule has 2 atom stereocenters. The Bertz CT molecular complexity index is 457. The fourth-order valence-electron chi connectivity index (χ4n) is 2.18.